The van der Waals surface area contributed by atoms with E-state index in [2.05, 4.69) is 16.5 Å². The third-order valence-electron chi connectivity index (χ3n) is 7.33. The van der Waals surface area contributed by atoms with Crippen molar-refractivity contribution < 1.29 is 18.7 Å². The molecule has 0 N–H and O–H groups in total. The highest BCUT2D eigenvalue weighted by Gasteiger charge is 2.32. The molecule has 9 heteroatoms. The third-order valence-corrected chi connectivity index (χ3v) is 8.16. The first kappa shape index (κ1) is 27.0. The van der Waals surface area contributed by atoms with Gasteiger partial charge in [0.15, 0.2) is 0 Å². The maximum Gasteiger partial charge on any atom is 0.273 e. The standard InChI is InChI=1S/C30H33FN4O3S/c1-3-12-33-14-16-34(17-15-33)30(37)26-20-39-27(32-26)19-38-24-10-7-21-11-13-35(28(36)4-2)29(25(21)18-24)22-5-8-23(31)9-6-22/h3,5-10,18,20,29H,1,4,11-17,19H2,2H3/t29-/m0/s1. The smallest absolute Gasteiger partial charge is 0.273 e. The number of amides is 2. The van der Waals surface area contributed by atoms with Crippen molar-refractivity contribution in [3.63, 3.8) is 0 Å². The van der Waals surface area contributed by atoms with E-state index in [9.17, 15) is 14.0 Å². The Morgan fingerprint density at radius 3 is 2.62 bits per heavy atom. The van der Waals surface area contributed by atoms with E-state index in [1.54, 1.807) is 17.5 Å². The van der Waals surface area contributed by atoms with Gasteiger partial charge in [0.2, 0.25) is 5.91 Å². The molecule has 3 heterocycles. The van der Waals surface area contributed by atoms with Crippen molar-refractivity contribution in [2.45, 2.75) is 32.4 Å². The molecule has 1 fully saturated rings. The number of halogens is 1. The molecule has 3 aromatic rings. The number of hydrogen-bond donors (Lipinski definition) is 0. The van der Waals surface area contributed by atoms with Crippen molar-refractivity contribution in [1.82, 2.24) is 19.7 Å². The molecule has 39 heavy (non-hydrogen) atoms. The number of ether oxygens (including phenoxy) is 1. The maximum atomic E-state index is 13.7. The molecule has 2 aliphatic rings. The molecule has 0 radical (unpaired) electrons. The van der Waals surface area contributed by atoms with E-state index in [1.165, 1.54) is 23.5 Å². The van der Waals surface area contributed by atoms with Crippen molar-refractivity contribution in [3.05, 3.63) is 93.7 Å². The zero-order valence-electron chi connectivity index (χ0n) is 22.1. The van der Waals surface area contributed by atoms with Crippen molar-refractivity contribution in [3.8, 4) is 5.75 Å². The van der Waals surface area contributed by atoms with Gasteiger partial charge in [0.25, 0.3) is 5.91 Å². The van der Waals surface area contributed by atoms with E-state index in [1.807, 2.05) is 41.0 Å². The molecule has 0 aliphatic carbocycles. The summed E-state index contributed by atoms with van der Waals surface area (Å²) in [5.74, 6) is 0.361. The van der Waals surface area contributed by atoms with Crippen LogP contribution in [0, 0.1) is 5.82 Å². The summed E-state index contributed by atoms with van der Waals surface area (Å²) < 4.78 is 19.8. The van der Waals surface area contributed by atoms with E-state index < -0.39 is 0 Å². The first-order chi connectivity index (χ1) is 19.0. The summed E-state index contributed by atoms with van der Waals surface area (Å²) in [6.45, 7) is 10.3. The monoisotopic (exact) mass is 548 g/mol. The molecule has 2 amide bonds. The van der Waals surface area contributed by atoms with Crippen LogP contribution in [0.4, 0.5) is 4.39 Å². The van der Waals surface area contributed by atoms with E-state index in [-0.39, 0.29) is 30.3 Å². The van der Waals surface area contributed by atoms with Crippen LogP contribution in [0.1, 0.15) is 51.6 Å². The van der Waals surface area contributed by atoms with E-state index >= 15 is 0 Å². The van der Waals surface area contributed by atoms with Crippen LogP contribution in [0.25, 0.3) is 0 Å². The lowest BCUT2D eigenvalue weighted by Gasteiger charge is -2.38. The lowest BCUT2D eigenvalue weighted by Crippen LogP contribution is -2.48. The minimum absolute atomic E-state index is 0.0487. The number of hydrogen-bond acceptors (Lipinski definition) is 6. The predicted molar refractivity (Wildman–Crippen MR) is 149 cm³/mol. The number of piperazine rings is 1. The molecule has 2 aliphatic heterocycles. The molecule has 0 saturated carbocycles. The summed E-state index contributed by atoms with van der Waals surface area (Å²) in [5.41, 5.74) is 3.45. The van der Waals surface area contributed by atoms with Gasteiger partial charge in [-0.1, -0.05) is 31.2 Å². The lowest BCUT2D eigenvalue weighted by molar-refractivity contribution is -0.132. The van der Waals surface area contributed by atoms with Gasteiger partial charge in [-0.3, -0.25) is 14.5 Å². The zero-order chi connectivity index (χ0) is 27.4. The average Bonchev–Trinajstić information content (AvgIpc) is 3.45. The summed E-state index contributed by atoms with van der Waals surface area (Å²) in [5, 5.41) is 2.52. The quantitative estimate of drug-likeness (QED) is 0.382. The summed E-state index contributed by atoms with van der Waals surface area (Å²) in [6, 6.07) is 12.0. The molecule has 5 rings (SSSR count). The summed E-state index contributed by atoms with van der Waals surface area (Å²) in [7, 11) is 0. The highest BCUT2D eigenvalue weighted by molar-refractivity contribution is 7.09. The maximum absolute atomic E-state index is 13.7. The van der Waals surface area contributed by atoms with E-state index in [0.29, 0.717) is 37.5 Å². The second kappa shape index (κ2) is 12.1. The van der Waals surface area contributed by atoms with Gasteiger partial charge >= 0.3 is 0 Å². The van der Waals surface area contributed by atoms with Crippen molar-refractivity contribution in [1.29, 1.82) is 0 Å². The molecular formula is C30H33FN4O3S. The second-order valence-electron chi connectivity index (χ2n) is 9.80. The molecule has 0 unspecified atom stereocenters. The summed E-state index contributed by atoms with van der Waals surface area (Å²) >= 11 is 1.41. The van der Waals surface area contributed by atoms with Crippen LogP contribution in [0.3, 0.4) is 0 Å². The van der Waals surface area contributed by atoms with Gasteiger partial charge in [-0.25, -0.2) is 9.37 Å². The first-order valence-electron chi connectivity index (χ1n) is 13.3. The molecule has 204 valence electrons. The highest BCUT2D eigenvalue weighted by atomic mass is 32.1. The van der Waals surface area contributed by atoms with Gasteiger partial charge in [-0.05, 0) is 47.4 Å². The van der Waals surface area contributed by atoms with Gasteiger partial charge in [-0.15, -0.1) is 17.9 Å². The second-order valence-corrected chi connectivity index (χ2v) is 10.7. The van der Waals surface area contributed by atoms with Gasteiger partial charge in [0.1, 0.15) is 28.9 Å². The molecule has 0 spiro atoms. The zero-order valence-corrected chi connectivity index (χ0v) is 23.0. The van der Waals surface area contributed by atoms with Crippen LogP contribution in [-0.4, -0.2) is 70.8 Å². The van der Waals surface area contributed by atoms with Crippen LogP contribution < -0.4 is 4.74 Å². The van der Waals surface area contributed by atoms with Crippen LogP contribution in [0.2, 0.25) is 0 Å². The Labute approximate surface area is 232 Å². The Balaban J connectivity index is 1.29. The fraction of sp³-hybridized carbons (Fsp3) is 0.367. The highest BCUT2D eigenvalue weighted by Crippen LogP contribution is 2.37. The van der Waals surface area contributed by atoms with Crippen molar-refractivity contribution in [2.24, 2.45) is 0 Å². The molecule has 0 bridgehead atoms. The average molecular weight is 549 g/mol. The van der Waals surface area contributed by atoms with E-state index in [4.69, 9.17) is 4.74 Å². The Hall–Kier alpha value is -3.56. The largest absolute Gasteiger partial charge is 0.486 e. The fourth-order valence-corrected chi connectivity index (χ4v) is 5.94. The summed E-state index contributed by atoms with van der Waals surface area (Å²) in [6.07, 6.45) is 3.04. The van der Waals surface area contributed by atoms with Gasteiger partial charge < -0.3 is 14.5 Å². The number of thiazole rings is 1. The normalized spacial score (nSPS) is 17.5. The number of carbonyl (C=O) groups excluding carboxylic acids is 2. The minimum Gasteiger partial charge on any atom is -0.486 e. The number of aromatic nitrogens is 1. The topological polar surface area (TPSA) is 66.0 Å². The number of benzene rings is 2. The molecule has 1 saturated heterocycles. The Morgan fingerprint density at radius 2 is 1.90 bits per heavy atom. The van der Waals surface area contributed by atoms with Crippen LogP contribution >= 0.6 is 11.3 Å². The van der Waals surface area contributed by atoms with Crippen LogP contribution in [0.5, 0.6) is 5.75 Å². The molecule has 1 atom stereocenters. The number of carbonyl (C=O) groups is 2. The fourth-order valence-electron chi connectivity index (χ4n) is 5.26. The van der Waals surface area contributed by atoms with E-state index in [0.717, 1.165) is 47.8 Å². The van der Waals surface area contributed by atoms with Crippen molar-refractivity contribution >= 4 is 23.2 Å². The van der Waals surface area contributed by atoms with Crippen LogP contribution in [0.15, 0.2) is 60.5 Å². The third kappa shape index (κ3) is 6.04. The molecule has 1 aromatic heterocycles. The van der Waals surface area contributed by atoms with Gasteiger partial charge in [-0.2, -0.15) is 0 Å². The number of rotatable bonds is 8. The SMILES string of the molecule is C=CCN1CCN(C(=O)c2csc(COc3ccc4c(c3)[C@H](c3ccc(F)cc3)N(C(=O)CC)CC4)n2)CC1. The van der Waals surface area contributed by atoms with Crippen molar-refractivity contribution in [2.75, 3.05) is 39.3 Å². The minimum atomic E-state index is -0.309. The Morgan fingerprint density at radius 1 is 1.13 bits per heavy atom. The predicted octanol–water partition coefficient (Wildman–Crippen LogP) is 4.69. The molecule has 2 aromatic carbocycles. The first-order valence-corrected chi connectivity index (χ1v) is 14.2. The number of fused-ring (bicyclic) bond motifs is 1. The Bertz CT molecular complexity index is 1330. The van der Waals surface area contributed by atoms with Crippen LogP contribution in [-0.2, 0) is 17.8 Å². The van der Waals surface area contributed by atoms with Gasteiger partial charge in [0, 0.05) is 51.1 Å². The Kier molecular flexibility index (Phi) is 8.38. The molecule has 7 nitrogen and oxygen atoms in total. The summed E-state index contributed by atoms with van der Waals surface area (Å²) in [4.78, 5) is 36.3. The number of nitrogens with zero attached hydrogens (tertiary/aromatic N) is 4. The molecular weight excluding hydrogens is 515 g/mol. The lowest BCUT2D eigenvalue weighted by atomic mass is 9.87. The van der Waals surface area contributed by atoms with Gasteiger partial charge in [0.05, 0.1) is 6.04 Å².